The first-order valence-electron chi connectivity index (χ1n) is 4.00. The molecule has 1 atom stereocenters. The average Bonchev–Trinajstić information content (AvgIpc) is 2.74. The van der Waals surface area contributed by atoms with Crippen LogP contribution in [-0.4, -0.2) is 38.8 Å². The zero-order valence-corrected chi connectivity index (χ0v) is 7.71. The normalized spacial score (nSPS) is 21.7. The molecule has 0 spiro atoms. The predicted molar refractivity (Wildman–Crippen MR) is 47.5 cm³/mol. The fourth-order valence-corrected chi connectivity index (χ4v) is 2.21. The van der Waals surface area contributed by atoms with Gasteiger partial charge in [-0.25, -0.2) is 9.78 Å². The van der Waals surface area contributed by atoms with E-state index in [0.29, 0.717) is 0 Å². The number of carbonyl (C=O) groups excluding carboxylic acids is 1. The van der Waals surface area contributed by atoms with Crippen LogP contribution in [0.15, 0.2) is 6.33 Å². The van der Waals surface area contributed by atoms with Gasteiger partial charge in [0.2, 0.25) is 5.82 Å². The molecule has 5 nitrogen and oxygen atoms in total. The van der Waals surface area contributed by atoms with E-state index in [4.69, 9.17) is 4.74 Å². The number of thioether (sulfide) groups is 1. The second-order valence-corrected chi connectivity index (χ2v) is 3.87. The molecule has 70 valence electrons. The summed E-state index contributed by atoms with van der Waals surface area (Å²) in [6.45, 7) is 0. The van der Waals surface area contributed by atoms with Gasteiger partial charge in [0.25, 0.3) is 0 Å². The minimum atomic E-state index is -0.412. The molecule has 6 heteroatoms. The molecule has 1 saturated heterocycles. The number of hydrogen-bond acceptors (Lipinski definition) is 5. The lowest BCUT2D eigenvalue weighted by atomic mass is 10.3. The van der Waals surface area contributed by atoms with Crippen LogP contribution in [-0.2, 0) is 4.74 Å². The van der Waals surface area contributed by atoms with Gasteiger partial charge in [0, 0.05) is 5.75 Å². The molecule has 2 heterocycles. The molecule has 0 radical (unpaired) electrons. The molecule has 0 aromatic carbocycles. The first-order chi connectivity index (χ1) is 6.36. The van der Waals surface area contributed by atoms with Crippen LogP contribution < -0.4 is 0 Å². The second kappa shape index (κ2) is 3.78. The lowest BCUT2D eigenvalue weighted by molar-refractivity contribution is 0.0343. The van der Waals surface area contributed by atoms with E-state index in [1.807, 2.05) is 0 Å². The van der Waals surface area contributed by atoms with Gasteiger partial charge in [0.1, 0.15) is 12.4 Å². The smallest absolute Gasteiger partial charge is 0.376 e. The molecule has 0 aliphatic carbocycles. The van der Waals surface area contributed by atoms with E-state index >= 15 is 0 Å². The van der Waals surface area contributed by atoms with Gasteiger partial charge in [-0.1, -0.05) is 0 Å². The van der Waals surface area contributed by atoms with Gasteiger partial charge < -0.3 is 4.74 Å². The molecule has 1 aliphatic heterocycles. The van der Waals surface area contributed by atoms with Gasteiger partial charge in [-0.15, -0.1) is 0 Å². The summed E-state index contributed by atoms with van der Waals surface area (Å²) >= 11 is 1.80. The highest BCUT2D eigenvalue weighted by molar-refractivity contribution is 7.99. The lowest BCUT2D eigenvalue weighted by Crippen LogP contribution is -2.18. The highest BCUT2D eigenvalue weighted by Gasteiger charge is 2.21. The second-order valence-electron chi connectivity index (χ2n) is 2.72. The van der Waals surface area contributed by atoms with Gasteiger partial charge in [0.15, 0.2) is 0 Å². The van der Waals surface area contributed by atoms with Crippen molar-refractivity contribution >= 4 is 17.7 Å². The van der Waals surface area contributed by atoms with Gasteiger partial charge in [0.05, 0.1) is 0 Å². The van der Waals surface area contributed by atoms with Crippen LogP contribution in [0.3, 0.4) is 0 Å². The molecule has 13 heavy (non-hydrogen) atoms. The van der Waals surface area contributed by atoms with E-state index in [9.17, 15) is 4.79 Å². The number of hydrogen-bond donors (Lipinski definition) is 1. The monoisotopic (exact) mass is 199 g/mol. The highest BCUT2D eigenvalue weighted by atomic mass is 32.2. The van der Waals surface area contributed by atoms with E-state index in [2.05, 4.69) is 15.2 Å². The van der Waals surface area contributed by atoms with Crippen LogP contribution in [0.1, 0.15) is 17.0 Å². The highest BCUT2D eigenvalue weighted by Crippen LogP contribution is 2.20. The molecule has 1 aromatic heterocycles. The summed E-state index contributed by atoms with van der Waals surface area (Å²) in [5.74, 6) is 1.72. The van der Waals surface area contributed by atoms with Crippen molar-refractivity contribution in [3.8, 4) is 0 Å². The molecule has 0 amide bonds. The Hall–Kier alpha value is -1.04. The Morgan fingerprint density at radius 1 is 1.77 bits per heavy atom. The van der Waals surface area contributed by atoms with Crippen LogP contribution in [0.25, 0.3) is 0 Å². The van der Waals surface area contributed by atoms with Gasteiger partial charge in [-0.2, -0.15) is 16.9 Å². The topological polar surface area (TPSA) is 67.9 Å². The number of carbonyl (C=O) groups is 1. The van der Waals surface area contributed by atoms with Crippen molar-refractivity contribution in [1.82, 2.24) is 15.2 Å². The van der Waals surface area contributed by atoms with E-state index in [-0.39, 0.29) is 11.9 Å². The Bertz CT molecular complexity index is 282. The molecule has 1 N–H and O–H groups in total. The molecule has 1 aliphatic rings. The molecular weight excluding hydrogens is 190 g/mol. The van der Waals surface area contributed by atoms with Crippen molar-refractivity contribution < 1.29 is 9.53 Å². The number of esters is 1. The van der Waals surface area contributed by atoms with Gasteiger partial charge >= 0.3 is 5.97 Å². The number of rotatable bonds is 2. The molecule has 2 rings (SSSR count). The number of aromatic amines is 1. The summed E-state index contributed by atoms with van der Waals surface area (Å²) in [5.41, 5.74) is 0. The fraction of sp³-hybridized carbons (Fsp3) is 0.571. The van der Waals surface area contributed by atoms with Crippen molar-refractivity contribution in [2.45, 2.75) is 12.5 Å². The minimum Gasteiger partial charge on any atom is -0.456 e. The standard InChI is InChI=1S/C7H9N3O2S/c11-7(6-8-4-9-10-6)12-5-1-2-13-3-5/h4-5H,1-3H2,(H,8,9,10). The van der Waals surface area contributed by atoms with Crippen molar-refractivity contribution in [3.05, 3.63) is 12.2 Å². The third-order valence-corrected chi connectivity index (χ3v) is 2.90. The van der Waals surface area contributed by atoms with Gasteiger partial charge in [-0.3, -0.25) is 5.10 Å². The third kappa shape index (κ3) is 2.00. The number of aromatic nitrogens is 3. The lowest BCUT2D eigenvalue weighted by Gasteiger charge is -2.07. The first-order valence-corrected chi connectivity index (χ1v) is 5.16. The largest absolute Gasteiger partial charge is 0.456 e. The van der Waals surface area contributed by atoms with Crippen molar-refractivity contribution in [1.29, 1.82) is 0 Å². The van der Waals surface area contributed by atoms with Crippen LogP contribution in [0.5, 0.6) is 0 Å². The molecule has 1 unspecified atom stereocenters. The molecule has 0 saturated carbocycles. The SMILES string of the molecule is O=C(OC1CCSC1)c1ncn[nH]1. The summed E-state index contributed by atoms with van der Waals surface area (Å²) in [6.07, 6.45) is 2.27. The third-order valence-electron chi connectivity index (χ3n) is 1.77. The Labute approximate surface area is 79.3 Å². The van der Waals surface area contributed by atoms with Crippen LogP contribution in [0.2, 0.25) is 0 Å². The summed E-state index contributed by atoms with van der Waals surface area (Å²) in [6, 6.07) is 0. The number of H-pyrrole nitrogens is 1. The van der Waals surface area contributed by atoms with E-state index in [1.165, 1.54) is 6.33 Å². The van der Waals surface area contributed by atoms with Crippen LogP contribution >= 0.6 is 11.8 Å². The maximum absolute atomic E-state index is 11.3. The Morgan fingerprint density at radius 2 is 2.69 bits per heavy atom. The summed E-state index contributed by atoms with van der Waals surface area (Å²) in [5, 5.41) is 6.04. The average molecular weight is 199 g/mol. The quantitative estimate of drug-likeness (QED) is 0.701. The number of nitrogens with zero attached hydrogens (tertiary/aromatic N) is 2. The molecule has 1 fully saturated rings. The van der Waals surface area contributed by atoms with E-state index < -0.39 is 5.97 Å². The minimum absolute atomic E-state index is 0.0441. The predicted octanol–water partition coefficient (Wildman–Crippen LogP) is 0.467. The van der Waals surface area contributed by atoms with Crippen molar-refractivity contribution in [3.63, 3.8) is 0 Å². The summed E-state index contributed by atoms with van der Waals surface area (Å²) in [4.78, 5) is 15.0. The number of nitrogens with one attached hydrogen (secondary N) is 1. The van der Waals surface area contributed by atoms with Gasteiger partial charge in [-0.05, 0) is 12.2 Å². The molecular formula is C7H9N3O2S. The van der Waals surface area contributed by atoms with Crippen molar-refractivity contribution in [2.24, 2.45) is 0 Å². The molecule has 0 bridgehead atoms. The van der Waals surface area contributed by atoms with E-state index in [1.54, 1.807) is 11.8 Å². The Morgan fingerprint density at radius 3 is 3.31 bits per heavy atom. The van der Waals surface area contributed by atoms with Crippen LogP contribution in [0, 0.1) is 0 Å². The summed E-state index contributed by atoms with van der Waals surface area (Å²) in [7, 11) is 0. The zero-order valence-electron chi connectivity index (χ0n) is 6.90. The van der Waals surface area contributed by atoms with Crippen LogP contribution in [0.4, 0.5) is 0 Å². The Balaban J connectivity index is 1.91. The van der Waals surface area contributed by atoms with Crippen molar-refractivity contribution in [2.75, 3.05) is 11.5 Å². The Kier molecular flexibility index (Phi) is 2.49. The zero-order chi connectivity index (χ0) is 9.10. The molecule has 1 aromatic rings. The first kappa shape index (κ1) is 8.55. The maximum atomic E-state index is 11.3. The van der Waals surface area contributed by atoms with E-state index in [0.717, 1.165) is 17.9 Å². The maximum Gasteiger partial charge on any atom is 0.376 e. The number of ether oxygens (including phenoxy) is 1. The fourth-order valence-electron chi connectivity index (χ4n) is 1.12. The summed E-state index contributed by atoms with van der Waals surface area (Å²) < 4.78 is 5.16.